The third-order valence-electron chi connectivity index (χ3n) is 7.41. The Bertz CT molecular complexity index is 1720. The molecule has 0 aliphatic carbocycles. The lowest BCUT2D eigenvalue weighted by Gasteiger charge is -2.34. The second-order valence-corrected chi connectivity index (χ2v) is 10.1. The molecule has 1 N–H and O–H groups in total. The van der Waals surface area contributed by atoms with Gasteiger partial charge in [0.15, 0.2) is 0 Å². The molecule has 6 nitrogen and oxygen atoms in total. The Labute approximate surface area is 231 Å². The molecular formula is C32H27ClN4O2. The van der Waals surface area contributed by atoms with Crippen LogP contribution in [0, 0.1) is 0 Å². The molecule has 2 unspecified atom stereocenters. The van der Waals surface area contributed by atoms with Crippen LogP contribution in [0.15, 0.2) is 108 Å². The number of anilines is 1. The van der Waals surface area contributed by atoms with E-state index in [1.54, 1.807) is 22.8 Å². The fraction of sp³-hybridized carbons (Fsp3) is 0.156. The van der Waals surface area contributed by atoms with Crippen LogP contribution in [0.1, 0.15) is 36.8 Å². The van der Waals surface area contributed by atoms with Crippen LogP contribution < -0.4 is 10.9 Å². The van der Waals surface area contributed by atoms with E-state index >= 15 is 0 Å². The van der Waals surface area contributed by atoms with Gasteiger partial charge in [0, 0.05) is 12.1 Å². The highest BCUT2D eigenvalue weighted by Crippen LogP contribution is 2.38. The Kier molecular flexibility index (Phi) is 6.63. The molecule has 0 radical (unpaired) electrons. The lowest BCUT2D eigenvalue weighted by Crippen LogP contribution is -2.40. The van der Waals surface area contributed by atoms with Crippen LogP contribution in [0.3, 0.4) is 0 Å². The van der Waals surface area contributed by atoms with Gasteiger partial charge in [0.2, 0.25) is 0 Å². The molecule has 7 heteroatoms. The summed E-state index contributed by atoms with van der Waals surface area (Å²) in [6.45, 7) is 2.47. The Balaban J connectivity index is 1.43. The largest absolute Gasteiger partial charge is 0.322 e. The molecule has 0 spiro atoms. The molecule has 6 rings (SSSR count). The summed E-state index contributed by atoms with van der Waals surface area (Å²) < 4.78 is 1.66. The minimum absolute atomic E-state index is 0.176. The number of carbonyl (C=O) groups is 1. The number of rotatable bonds is 5. The number of urea groups is 1. The van der Waals surface area contributed by atoms with Crippen molar-refractivity contribution < 1.29 is 4.79 Å². The lowest BCUT2D eigenvalue weighted by molar-refractivity contribution is 0.159. The first kappa shape index (κ1) is 24.9. The van der Waals surface area contributed by atoms with Crippen LogP contribution in [0.4, 0.5) is 10.5 Å². The second-order valence-electron chi connectivity index (χ2n) is 9.70. The normalized spacial score (nSPS) is 15.1. The first-order valence-corrected chi connectivity index (χ1v) is 13.4. The van der Waals surface area contributed by atoms with E-state index in [1.165, 1.54) is 0 Å². The second kappa shape index (κ2) is 10.4. The Morgan fingerprint density at radius 3 is 2.41 bits per heavy atom. The highest BCUT2D eigenvalue weighted by atomic mass is 35.5. The van der Waals surface area contributed by atoms with Gasteiger partial charge in [-0.15, -0.1) is 0 Å². The van der Waals surface area contributed by atoms with Crippen molar-refractivity contribution in [1.82, 2.24) is 14.5 Å². The highest BCUT2D eigenvalue weighted by molar-refractivity contribution is 6.35. The van der Waals surface area contributed by atoms with Gasteiger partial charge < -0.3 is 10.2 Å². The van der Waals surface area contributed by atoms with Gasteiger partial charge in [-0.05, 0) is 42.7 Å². The number of amides is 2. The number of hydrogen-bond acceptors (Lipinski definition) is 3. The lowest BCUT2D eigenvalue weighted by atomic mass is 10.0. The topological polar surface area (TPSA) is 67.2 Å². The van der Waals surface area contributed by atoms with Crippen LogP contribution in [0.5, 0.6) is 0 Å². The standard InChI is InChI=1S/C32H27ClN4O2/c1-21(22-11-4-2-5-12-22)37(32(39)35-26-17-9-8-15-24(26)23-13-6-3-7-14-23)28-19-20-36-30(28)34-27-18-10-16-25(33)29(27)31(36)38/h2-18,21,28H,19-20H2,1H3,(H,35,39). The summed E-state index contributed by atoms with van der Waals surface area (Å²) in [7, 11) is 0. The minimum Gasteiger partial charge on any atom is -0.308 e. The molecule has 0 bridgehead atoms. The summed E-state index contributed by atoms with van der Waals surface area (Å²) in [5, 5.41) is 3.97. The summed E-state index contributed by atoms with van der Waals surface area (Å²) in [6.07, 6.45) is 0.571. The van der Waals surface area contributed by atoms with Crippen molar-refractivity contribution in [2.45, 2.75) is 32.0 Å². The smallest absolute Gasteiger partial charge is 0.308 e. The predicted molar refractivity (Wildman–Crippen MR) is 156 cm³/mol. The molecule has 2 heterocycles. The fourth-order valence-electron chi connectivity index (χ4n) is 5.48. The molecule has 5 aromatic rings. The van der Waals surface area contributed by atoms with Crippen LogP contribution in [-0.2, 0) is 6.54 Å². The average Bonchev–Trinajstić information content (AvgIpc) is 3.38. The molecule has 194 valence electrons. The molecule has 1 aromatic heterocycles. The van der Waals surface area contributed by atoms with E-state index < -0.39 is 6.04 Å². The van der Waals surface area contributed by atoms with E-state index in [9.17, 15) is 9.59 Å². The minimum atomic E-state index is -0.403. The van der Waals surface area contributed by atoms with E-state index in [0.717, 1.165) is 16.7 Å². The Morgan fingerprint density at radius 2 is 1.64 bits per heavy atom. The van der Waals surface area contributed by atoms with E-state index in [1.807, 2.05) is 96.8 Å². The number of benzene rings is 4. The highest BCUT2D eigenvalue weighted by Gasteiger charge is 2.37. The summed E-state index contributed by atoms with van der Waals surface area (Å²) in [5.41, 5.74) is 4.01. The SMILES string of the molecule is CC(c1ccccc1)N(C(=O)Nc1ccccc1-c1ccccc1)C1CCn2c1nc1cccc(Cl)c1c2=O. The molecule has 0 fully saturated rings. The number of nitrogens with one attached hydrogen (secondary N) is 1. The van der Waals surface area contributed by atoms with Crippen molar-refractivity contribution in [3.05, 3.63) is 130 Å². The number of halogens is 1. The number of nitrogens with zero attached hydrogens (tertiary/aromatic N) is 3. The Morgan fingerprint density at radius 1 is 0.949 bits per heavy atom. The third-order valence-corrected chi connectivity index (χ3v) is 7.72. The van der Waals surface area contributed by atoms with Crippen molar-refractivity contribution in [3.63, 3.8) is 0 Å². The molecule has 2 atom stereocenters. The summed E-state index contributed by atoms with van der Waals surface area (Å²) in [4.78, 5) is 34.3. The Hall–Kier alpha value is -4.42. The molecule has 2 amide bonds. The first-order chi connectivity index (χ1) is 19.0. The maximum absolute atomic E-state index is 14.2. The summed E-state index contributed by atoms with van der Waals surface area (Å²) in [6, 6.07) is 32.0. The molecule has 39 heavy (non-hydrogen) atoms. The molecular weight excluding hydrogens is 508 g/mol. The zero-order valence-corrected chi connectivity index (χ0v) is 22.2. The van der Waals surface area contributed by atoms with Crippen molar-refractivity contribution in [2.75, 3.05) is 5.32 Å². The maximum atomic E-state index is 14.2. The molecule has 1 aliphatic heterocycles. The number of carbonyl (C=O) groups excluding carboxylic acids is 1. The van der Waals surface area contributed by atoms with Crippen LogP contribution in [0.2, 0.25) is 5.02 Å². The fourth-order valence-corrected chi connectivity index (χ4v) is 5.73. The van der Waals surface area contributed by atoms with E-state index in [0.29, 0.717) is 40.4 Å². The third kappa shape index (κ3) is 4.57. The van der Waals surface area contributed by atoms with Crippen LogP contribution in [-0.4, -0.2) is 20.5 Å². The molecule has 4 aromatic carbocycles. The number of aromatic nitrogens is 2. The van der Waals surface area contributed by atoms with Crippen LogP contribution >= 0.6 is 11.6 Å². The maximum Gasteiger partial charge on any atom is 0.322 e. The van der Waals surface area contributed by atoms with E-state index in [-0.39, 0.29) is 17.6 Å². The van der Waals surface area contributed by atoms with Gasteiger partial charge in [-0.3, -0.25) is 9.36 Å². The van der Waals surface area contributed by atoms with Gasteiger partial charge >= 0.3 is 6.03 Å². The number of hydrogen-bond donors (Lipinski definition) is 1. The van der Waals surface area contributed by atoms with Gasteiger partial charge in [0.1, 0.15) is 5.82 Å². The predicted octanol–water partition coefficient (Wildman–Crippen LogP) is 7.46. The number of para-hydroxylation sites is 1. The summed E-state index contributed by atoms with van der Waals surface area (Å²) >= 11 is 6.37. The molecule has 0 saturated carbocycles. The quantitative estimate of drug-likeness (QED) is 0.254. The van der Waals surface area contributed by atoms with Gasteiger partial charge in [-0.2, -0.15) is 0 Å². The molecule has 0 saturated heterocycles. The first-order valence-electron chi connectivity index (χ1n) is 13.0. The van der Waals surface area contributed by atoms with Gasteiger partial charge in [-0.25, -0.2) is 9.78 Å². The van der Waals surface area contributed by atoms with Gasteiger partial charge in [-0.1, -0.05) is 96.5 Å². The molecule has 1 aliphatic rings. The average molecular weight is 535 g/mol. The monoisotopic (exact) mass is 534 g/mol. The van der Waals surface area contributed by atoms with Crippen molar-refractivity contribution in [3.8, 4) is 11.1 Å². The summed E-state index contributed by atoms with van der Waals surface area (Å²) in [5.74, 6) is 0.573. The van der Waals surface area contributed by atoms with E-state index in [4.69, 9.17) is 16.6 Å². The van der Waals surface area contributed by atoms with Crippen molar-refractivity contribution in [2.24, 2.45) is 0 Å². The van der Waals surface area contributed by atoms with Gasteiger partial charge in [0.05, 0.1) is 33.7 Å². The zero-order valence-electron chi connectivity index (χ0n) is 21.4. The number of fused-ring (bicyclic) bond motifs is 2. The zero-order chi connectivity index (χ0) is 26.9. The van der Waals surface area contributed by atoms with Crippen molar-refractivity contribution >= 4 is 34.2 Å². The van der Waals surface area contributed by atoms with E-state index in [2.05, 4.69) is 5.32 Å². The van der Waals surface area contributed by atoms with Gasteiger partial charge in [0.25, 0.3) is 5.56 Å². The van der Waals surface area contributed by atoms with Crippen molar-refractivity contribution in [1.29, 1.82) is 0 Å². The van der Waals surface area contributed by atoms with Crippen LogP contribution in [0.25, 0.3) is 22.0 Å².